The van der Waals surface area contributed by atoms with Gasteiger partial charge in [0.2, 0.25) is 5.91 Å². The van der Waals surface area contributed by atoms with Crippen molar-refractivity contribution < 1.29 is 19.1 Å². The summed E-state index contributed by atoms with van der Waals surface area (Å²) in [5, 5.41) is 2.33. The number of anilines is 2. The average Bonchev–Trinajstić information content (AvgIpc) is 3.22. The number of carbonyl (C=O) groups excluding carboxylic acids is 2. The summed E-state index contributed by atoms with van der Waals surface area (Å²) in [5.41, 5.74) is 4.36. The van der Waals surface area contributed by atoms with Gasteiger partial charge in [0.1, 0.15) is 12.4 Å². The highest BCUT2D eigenvalue weighted by atomic mass is 32.1. The number of ether oxygens (including phenoxy) is 2. The zero-order chi connectivity index (χ0) is 23.1. The van der Waals surface area contributed by atoms with E-state index in [9.17, 15) is 9.59 Å². The molecule has 0 saturated carbocycles. The van der Waals surface area contributed by atoms with E-state index in [0.29, 0.717) is 17.4 Å². The monoisotopic (exact) mass is 450 g/mol. The van der Waals surface area contributed by atoms with E-state index >= 15 is 0 Å². The number of benzene rings is 2. The molecule has 1 heterocycles. The van der Waals surface area contributed by atoms with Crippen LogP contribution >= 0.6 is 11.3 Å². The second-order valence-corrected chi connectivity index (χ2v) is 8.05. The molecule has 6 nitrogen and oxygen atoms in total. The first-order valence-electron chi connectivity index (χ1n) is 10.3. The molecule has 0 bridgehead atoms. The van der Waals surface area contributed by atoms with Crippen LogP contribution in [0.2, 0.25) is 0 Å². The maximum atomic E-state index is 12.3. The first kappa shape index (κ1) is 23.2. The van der Waals surface area contributed by atoms with Gasteiger partial charge in [0.25, 0.3) is 0 Å². The molecule has 0 unspecified atom stereocenters. The van der Waals surface area contributed by atoms with Crippen LogP contribution in [0, 0.1) is 13.8 Å². The molecule has 166 valence electrons. The molecule has 1 amide bonds. The van der Waals surface area contributed by atoms with Crippen LogP contribution in [-0.2, 0) is 20.9 Å². The first-order chi connectivity index (χ1) is 15.4. The Labute approximate surface area is 192 Å². The summed E-state index contributed by atoms with van der Waals surface area (Å²) in [6.45, 7) is 8.04. The van der Waals surface area contributed by atoms with Gasteiger partial charge in [-0.1, -0.05) is 29.8 Å². The van der Waals surface area contributed by atoms with Crippen LogP contribution in [0.1, 0.15) is 36.2 Å². The van der Waals surface area contributed by atoms with Crippen molar-refractivity contribution in [1.29, 1.82) is 0 Å². The number of hydrogen-bond donors (Lipinski definition) is 0. The molecule has 0 N–H and O–H groups in total. The van der Waals surface area contributed by atoms with Crippen LogP contribution in [0.25, 0.3) is 6.08 Å². The molecule has 0 saturated heterocycles. The van der Waals surface area contributed by atoms with Gasteiger partial charge in [-0.25, -0.2) is 9.78 Å². The van der Waals surface area contributed by atoms with Crippen LogP contribution in [0.15, 0.2) is 53.9 Å². The number of carbonyl (C=O) groups is 2. The molecule has 0 aliphatic heterocycles. The number of aromatic nitrogens is 1. The summed E-state index contributed by atoms with van der Waals surface area (Å²) in [5.74, 6) is 0.186. The zero-order valence-corrected chi connectivity index (χ0v) is 19.4. The van der Waals surface area contributed by atoms with Gasteiger partial charge in [-0.2, -0.15) is 0 Å². The molecule has 32 heavy (non-hydrogen) atoms. The molecule has 0 fully saturated rings. The van der Waals surface area contributed by atoms with Crippen molar-refractivity contribution in [3.05, 3.63) is 76.3 Å². The summed E-state index contributed by atoms with van der Waals surface area (Å²) in [7, 11) is 0. The number of rotatable bonds is 8. The van der Waals surface area contributed by atoms with Crippen molar-refractivity contribution in [2.24, 2.45) is 0 Å². The molecule has 2 aromatic carbocycles. The van der Waals surface area contributed by atoms with E-state index in [1.807, 2.05) is 63.2 Å². The van der Waals surface area contributed by atoms with E-state index < -0.39 is 5.97 Å². The van der Waals surface area contributed by atoms with E-state index in [1.54, 1.807) is 16.4 Å². The lowest BCUT2D eigenvalue weighted by atomic mass is 10.1. The van der Waals surface area contributed by atoms with Crippen LogP contribution in [0.5, 0.6) is 5.75 Å². The smallest absolute Gasteiger partial charge is 0.331 e. The standard InChI is InChI=1S/C25H26N2O4S/c1-5-30-22-10-7-20(8-11-22)9-13-24(29)31-15-21-16-32-25(26-21)27(19(4)28)23-12-6-17(2)14-18(23)3/h6-14,16H,5,15H2,1-4H3/b13-9+. The van der Waals surface area contributed by atoms with E-state index in [-0.39, 0.29) is 12.5 Å². The number of nitrogens with zero attached hydrogens (tertiary/aromatic N) is 2. The van der Waals surface area contributed by atoms with E-state index in [0.717, 1.165) is 28.1 Å². The van der Waals surface area contributed by atoms with Crippen LogP contribution in [0.3, 0.4) is 0 Å². The fraction of sp³-hybridized carbons (Fsp3) is 0.240. The second-order valence-electron chi connectivity index (χ2n) is 7.21. The lowest BCUT2D eigenvalue weighted by molar-refractivity contribution is -0.139. The third-order valence-electron chi connectivity index (χ3n) is 4.60. The summed E-state index contributed by atoms with van der Waals surface area (Å²) in [6, 6.07) is 13.3. The number of hydrogen-bond acceptors (Lipinski definition) is 6. The fourth-order valence-electron chi connectivity index (χ4n) is 3.13. The third kappa shape index (κ3) is 6.04. The van der Waals surface area contributed by atoms with Crippen molar-refractivity contribution >= 4 is 40.1 Å². The highest BCUT2D eigenvalue weighted by Gasteiger charge is 2.20. The molecule has 0 radical (unpaired) electrons. The minimum atomic E-state index is -0.466. The second kappa shape index (κ2) is 10.7. The Bertz CT molecular complexity index is 1120. The van der Waals surface area contributed by atoms with Crippen molar-refractivity contribution in [2.75, 3.05) is 11.5 Å². The van der Waals surface area contributed by atoms with Crippen LogP contribution < -0.4 is 9.64 Å². The number of amides is 1. The molecule has 1 aromatic heterocycles. The minimum absolute atomic E-state index is 0.0293. The summed E-state index contributed by atoms with van der Waals surface area (Å²) < 4.78 is 10.7. The topological polar surface area (TPSA) is 68.7 Å². The highest BCUT2D eigenvalue weighted by molar-refractivity contribution is 7.14. The van der Waals surface area contributed by atoms with Gasteiger partial charge in [0.15, 0.2) is 5.13 Å². The minimum Gasteiger partial charge on any atom is -0.494 e. The Morgan fingerprint density at radius 3 is 2.53 bits per heavy atom. The zero-order valence-electron chi connectivity index (χ0n) is 18.6. The largest absolute Gasteiger partial charge is 0.494 e. The normalized spacial score (nSPS) is 10.9. The Balaban J connectivity index is 1.62. The lowest BCUT2D eigenvalue weighted by Crippen LogP contribution is -2.23. The Morgan fingerprint density at radius 2 is 1.88 bits per heavy atom. The van der Waals surface area contributed by atoms with Gasteiger partial charge in [-0.3, -0.25) is 9.69 Å². The average molecular weight is 451 g/mol. The Hall–Kier alpha value is -3.45. The highest BCUT2D eigenvalue weighted by Crippen LogP contribution is 2.31. The molecule has 7 heteroatoms. The van der Waals surface area contributed by atoms with Gasteiger partial charge in [-0.05, 0) is 56.2 Å². The summed E-state index contributed by atoms with van der Waals surface area (Å²) in [4.78, 5) is 30.5. The molecule has 0 aliphatic carbocycles. The lowest BCUT2D eigenvalue weighted by Gasteiger charge is -2.20. The maximum Gasteiger partial charge on any atom is 0.331 e. The van der Waals surface area contributed by atoms with Crippen LogP contribution in [-0.4, -0.2) is 23.5 Å². The van der Waals surface area contributed by atoms with Gasteiger partial charge in [0, 0.05) is 18.4 Å². The molecule has 3 aromatic rings. The van der Waals surface area contributed by atoms with Gasteiger partial charge in [-0.15, -0.1) is 11.3 Å². The van der Waals surface area contributed by atoms with Gasteiger partial charge < -0.3 is 9.47 Å². The van der Waals surface area contributed by atoms with E-state index in [1.165, 1.54) is 24.3 Å². The van der Waals surface area contributed by atoms with Crippen LogP contribution in [0.4, 0.5) is 10.8 Å². The molecular formula is C25H26N2O4S. The van der Waals surface area contributed by atoms with Crippen molar-refractivity contribution in [2.45, 2.75) is 34.3 Å². The summed E-state index contributed by atoms with van der Waals surface area (Å²) in [6.07, 6.45) is 3.06. The number of thiazole rings is 1. The first-order valence-corrected chi connectivity index (χ1v) is 11.2. The van der Waals surface area contributed by atoms with E-state index in [4.69, 9.17) is 9.47 Å². The third-order valence-corrected chi connectivity index (χ3v) is 5.48. The quantitative estimate of drug-likeness (QED) is 0.330. The predicted molar refractivity (Wildman–Crippen MR) is 127 cm³/mol. The van der Waals surface area contributed by atoms with Crippen molar-refractivity contribution in [1.82, 2.24) is 4.98 Å². The number of aryl methyl sites for hydroxylation is 2. The molecule has 3 rings (SSSR count). The van der Waals surface area contributed by atoms with Crippen molar-refractivity contribution in [3.63, 3.8) is 0 Å². The maximum absolute atomic E-state index is 12.3. The van der Waals surface area contributed by atoms with Crippen molar-refractivity contribution in [3.8, 4) is 5.75 Å². The molecule has 0 atom stereocenters. The van der Waals surface area contributed by atoms with Gasteiger partial charge in [0.05, 0.1) is 18.0 Å². The molecule has 0 aliphatic rings. The predicted octanol–water partition coefficient (Wildman–Crippen LogP) is 5.60. The molecular weight excluding hydrogens is 424 g/mol. The Kier molecular flexibility index (Phi) is 7.78. The fourth-order valence-corrected chi connectivity index (χ4v) is 3.99. The Morgan fingerprint density at radius 1 is 1.12 bits per heavy atom. The van der Waals surface area contributed by atoms with E-state index in [2.05, 4.69) is 4.98 Å². The molecule has 0 spiro atoms. The van der Waals surface area contributed by atoms with Gasteiger partial charge >= 0.3 is 5.97 Å². The number of esters is 1. The summed E-state index contributed by atoms with van der Waals surface area (Å²) >= 11 is 1.33. The SMILES string of the molecule is CCOc1ccc(/C=C/C(=O)OCc2csc(N(C(C)=O)c3ccc(C)cc3C)n2)cc1.